The van der Waals surface area contributed by atoms with Crippen molar-refractivity contribution in [3.63, 3.8) is 0 Å². The van der Waals surface area contributed by atoms with Crippen LogP contribution in [0, 0.1) is 19.3 Å². The maximum Gasteiger partial charge on any atom is 0.255 e. The van der Waals surface area contributed by atoms with Gasteiger partial charge in [0.25, 0.3) is 5.91 Å². The average Bonchev–Trinajstić information content (AvgIpc) is 2.69. The van der Waals surface area contributed by atoms with Crippen molar-refractivity contribution in [2.45, 2.75) is 34.6 Å². The van der Waals surface area contributed by atoms with Gasteiger partial charge in [-0.2, -0.15) is 0 Å². The lowest BCUT2D eigenvalue weighted by Crippen LogP contribution is -2.42. The molecular formula is C22H26N2O3. The van der Waals surface area contributed by atoms with Gasteiger partial charge in [0.05, 0.1) is 11.1 Å². The van der Waals surface area contributed by atoms with E-state index in [4.69, 9.17) is 4.74 Å². The van der Waals surface area contributed by atoms with Crippen LogP contribution in [0.5, 0.6) is 5.75 Å². The number of carbonyl (C=O) groups is 2. The Labute approximate surface area is 160 Å². The topological polar surface area (TPSA) is 58.6 Å². The Morgan fingerprint density at radius 1 is 1.15 bits per heavy atom. The number of rotatable bonds is 3. The van der Waals surface area contributed by atoms with E-state index < -0.39 is 5.41 Å². The lowest BCUT2D eigenvalue weighted by Gasteiger charge is -2.27. The monoisotopic (exact) mass is 366 g/mol. The number of fused-ring (bicyclic) bond motifs is 1. The maximum absolute atomic E-state index is 12.8. The van der Waals surface area contributed by atoms with Crippen LogP contribution < -0.4 is 15.0 Å². The van der Waals surface area contributed by atoms with Crippen LogP contribution in [0.3, 0.4) is 0 Å². The highest BCUT2D eigenvalue weighted by Crippen LogP contribution is 2.38. The number of carbonyl (C=O) groups excluding carboxylic acids is 2. The van der Waals surface area contributed by atoms with E-state index in [2.05, 4.69) is 5.32 Å². The van der Waals surface area contributed by atoms with Crippen molar-refractivity contribution in [1.82, 2.24) is 0 Å². The summed E-state index contributed by atoms with van der Waals surface area (Å²) in [5.74, 6) is 0.493. The number of hydrogen-bond acceptors (Lipinski definition) is 3. The Hall–Kier alpha value is -2.82. The van der Waals surface area contributed by atoms with Crippen LogP contribution in [0.2, 0.25) is 0 Å². The number of nitrogens with one attached hydrogen (secondary N) is 1. The lowest BCUT2D eigenvalue weighted by molar-refractivity contribution is -0.127. The molecule has 2 aromatic carbocycles. The Kier molecular flexibility index (Phi) is 4.96. The molecule has 1 aliphatic heterocycles. The average molecular weight is 366 g/mol. The maximum atomic E-state index is 12.8. The van der Waals surface area contributed by atoms with Crippen molar-refractivity contribution in [2.24, 2.45) is 5.41 Å². The molecular weight excluding hydrogens is 340 g/mol. The molecule has 5 heteroatoms. The molecule has 142 valence electrons. The fourth-order valence-corrected chi connectivity index (χ4v) is 3.35. The van der Waals surface area contributed by atoms with Crippen molar-refractivity contribution in [1.29, 1.82) is 0 Å². The first-order chi connectivity index (χ1) is 12.7. The number of benzene rings is 2. The summed E-state index contributed by atoms with van der Waals surface area (Å²) in [5.41, 5.74) is 3.42. The number of aryl methyl sites for hydroxylation is 2. The molecule has 0 atom stereocenters. The molecule has 0 unspecified atom stereocenters. The molecule has 2 aromatic rings. The summed E-state index contributed by atoms with van der Waals surface area (Å²) in [5, 5.41) is 2.93. The third-order valence-electron chi connectivity index (χ3n) is 4.72. The number of ether oxygens (including phenoxy) is 1. The number of amides is 2. The summed E-state index contributed by atoms with van der Waals surface area (Å²) < 4.78 is 5.87. The summed E-state index contributed by atoms with van der Waals surface area (Å²) in [6, 6.07) is 11.2. The molecule has 0 radical (unpaired) electrons. The second-order valence-electron chi connectivity index (χ2n) is 7.73. The standard InChI is InChI=1S/C22H26N2O3/c1-6-24-18-12-17(7-8-19(18)27-13-22(4,5)21(24)26)23-20(25)16-10-14(2)9-15(3)11-16/h7-12H,6,13H2,1-5H3,(H,23,25). The van der Waals surface area contributed by atoms with Gasteiger partial charge in [-0.3, -0.25) is 9.59 Å². The van der Waals surface area contributed by atoms with Crippen LogP contribution >= 0.6 is 0 Å². The first-order valence-electron chi connectivity index (χ1n) is 9.20. The fraction of sp³-hybridized carbons (Fsp3) is 0.364. The van der Waals surface area contributed by atoms with Gasteiger partial charge in [-0.15, -0.1) is 0 Å². The largest absolute Gasteiger partial charge is 0.490 e. The van der Waals surface area contributed by atoms with Gasteiger partial charge < -0.3 is 15.0 Å². The SMILES string of the molecule is CCN1C(=O)C(C)(C)COc2ccc(NC(=O)c3cc(C)cc(C)c3)cc21. The minimum absolute atomic E-state index is 0.0153. The van der Waals surface area contributed by atoms with Crippen LogP contribution in [-0.4, -0.2) is 25.0 Å². The first-order valence-corrected chi connectivity index (χ1v) is 9.20. The summed E-state index contributed by atoms with van der Waals surface area (Å²) in [4.78, 5) is 27.2. The minimum Gasteiger partial charge on any atom is -0.490 e. The van der Waals surface area contributed by atoms with Crippen molar-refractivity contribution >= 4 is 23.2 Å². The van der Waals surface area contributed by atoms with E-state index in [9.17, 15) is 9.59 Å². The molecule has 0 bridgehead atoms. The van der Waals surface area contributed by atoms with Gasteiger partial charge in [0.2, 0.25) is 5.91 Å². The molecule has 0 fully saturated rings. The number of nitrogens with zero attached hydrogens (tertiary/aromatic N) is 1. The molecule has 27 heavy (non-hydrogen) atoms. The summed E-state index contributed by atoms with van der Waals surface area (Å²) in [6.45, 7) is 10.5. The summed E-state index contributed by atoms with van der Waals surface area (Å²) in [7, 11) is 0. The number of hydrogen-bond donors (Lipinski definition) is 1. The Morgan fingerprint density at radius 3 is 2.44 bits per heavy atom. The smallest absolute Gasteiger partial charge is 0.255 e. The van der Waals surface area contributed by atoms with Crippen LogP contribution in [0.1, 0.15) is 42.3 Å². The highest BCUT2D eigenvalue weighted by atomic mass is 16.5. The number of anilines is 2. The molecule has 1 heterocycles. The van der Waals surface area contributed by atoms with E-state index in [1.807, 2.05) is 58.9 Å². The van der Waals surface area contributed by atoms with E-state index in [-0.39, 0.29) is 11.8 Å². The van der Waals surface area contributed by atoms with Gasteiger partial charge in [-0.1, -0.05) is 17.2 Å². The Balaban J connectivity index is 1.92. The van der Waals surface area contributed by atoms with E-state index >= 15 is 0 Å². The lowest BCUT2D eigenvalue weighted by atomic mass is 9.93. The highest BCUT2D eigenvalue weighted by Gasteiger charge is 2.37. The molecule has 0 saturated carbocycles. The normalized spacial score (nSPS) is 15.6. The van der Waals surface area contributed by atoms with Crippen LogP contribution in [0.4, 0.5) is 11.4 Å². The van der Waals surface area contributed by atoms with Gasteiger partial charge in [0.15, 0.2) is 0 Å². The van der Waals surface area contributed by atoms with Gasteiger partial charge in [-0.25, -0.2) is 0 Å². The molecule has 0 spiro atoms. The van der Waals surface area contributed by atoms with Crippen molar-refractivity contribution in [3.8, 4) is 5.75 Å². The van der Waals surface area contributed by atoms with E-state index in [1.54, 1.807) is 17.0 Å². The third-order valence-corrected chi connectivity index (χ3v) is 4.72. The fourth-order valence-electron chi connectivity index (χ4n) is 3.35. The van der Waals surface area contributed by atoms with Gasteiger partial charge >= 0.3 is 0 Å². The van der Waals surface area contributed by atoms with E-state index in [1.165, 1.54) is 0 Å². The minimum atomic E-state index is -0.600. The highest BCUT2D eigenvalue weighted by molar-refractivity contribution is 6.05. The molecule has 0 aromatic heterocycles. The van der Waals surface area contributed by atoms with E-state index in [0.717, 1.165) is 11.1 Å². The second kappa shape index (κ2) is 7.06. The van der Waals surface area contributed by atoms with Crippen LogP contribution in [-0.2, 0) is 4.79 Å². The summed E-state index contributed by atoms with van der Waals surface area (Å²) in [6.07, 6.45) is 0. The molecule has 3 rings (SSSR count). The van der Waals surface area contributed by atoms with Gasteiger partial charge in [-0.05, 0) is 65.0 Å². The van der Waals surface area contributed by atoms with E-state index in [0.29, 0.717) is 35.8 Å². The van der Waals surface area contributed by atoms with Crippen molar-refractivity contribution in [3.05, 3.63) is 53.1 Å². The zero-order chi connectivity index (χ0) is 19.8. The molecule has 2 amide bonds. The molecule has 1 aliphatic rings. The second-order valence-corrected chi connectivity index (χ2v) is 7.73. The van der Waals surface area contributed by atoms with Gasteiger partial charge in [0, 0.05) is 17.8 Å². The zero-order valence-electron chi connectivity index (χ0n) is 16.6. The van der Waals surface area contributed by atoms with Crippen LogP contribution in [0.15, 0.2) is 36.4 Å². The molecule has 5 nitrogen and oxygen atoms in total. The summed E-state index contributed by atoms with van der Waals surface area (Å²) >= 11 is 0. The van der Waals surface area contributed by atoms with Crippen molar-refractivity contribution in [2.75, 3.05) is 23.4 Å². The molecule has 0 saturated heterocycles. The van der Waals surface area contributed by atoms with Crippen LogP contribution in [0.25, 0.3) is 0 Å². The predicted octanol–water partition coefficient (Wildman–Crippen LogP) is 4.33. The van der Waals surface area contributed by atoms with Crippen molar-refractivity contribution < 1.29 is 14.3 Å². The Bertz CT molecular complexity index is 882. The predicted molar refractivity (Wildman–Crippen MR) is 108 cm³/mol. The third kappa shape index (κ3) is 3.82. The first kappa shape index (κ1) is 19.0. The zero-order valence-corrected chi connectivity index (χ0v) is 16.6. The molecule has 1 N–H and O–H groups in total. The quantitative estimate of drug-likeness (QED) is 0.880. The molecule has 0 aliphatic carbocycles. The van der Waals surface area contributed by atoms with Gasteiger partial charge in [0.1, 0.15) is 12.4 Å². The Morgan fingerprint density at radius 2 is 1.81 bits per heavy atom.